The first kappa shape index (κ1) is 12.6. The van der Waals surface area contributed by atoms with Crippen molar-refractivity contribution in [3.05, 3.63) is 29.6 Å². The number of benzene rings is 1. The van der Waals surface area contributed by atoms with E-state index in [1.807, 2.05) is 12.1 Å². The van der Waals surface area contributed by atoms with Gasteiger partial charge < -0.3 is 10.6 Å². The lowest BCUT2D eigenvalue weighted by Gasteiger charge is -2.27. The minimum Gasteiger partial charge on any atom is -0.325 e. The summed E-state index contributed by atoms with van der Waals surface area (Å²) < 4.78 is 1.25. The highest BCUT2D eigenvalue weighted by molar-refractivity contribution is 7.17. The van der Waals surface area contributed by atoms with Crippen molar-refractivity contribution >= 4 is 33.0 Å². The maximum atomic E-state index is 12.2. The highest BCUT2D eigenvalue weighted by atomic mass is 32.1. The lowest BCUT2D eigenvalue weighted by Crippen LogP contribution is -2.45. The highest BCUT2D eigenvalue weighted by Gasteiger charge is 2.24. The number of hydrogen-bond acceptors (Lipinski definition) is 3. The largest absolute Gasteiger partial charge is 0.325 e. The summed E-state index contributed by atoms with van der Waals surface area (Å²) in [5.41, 5.74) is 0.885. The number of fused-ring (bicyclic) bond motifs is 1. The summed E-state index contributed by atoms with van der Waals surface area (Å²) in [5, 5.41) is 9.57. The van der Waals surface area contributed by atoms with Crippen molar-refractivity contribution in [2.75, 3.05) is 11.9 Å². The molecule has 2 N–H and O–H groups in total. The Morgan fingerprint density at radius 3 is 3.16 bits per heavy atom. The van der Waals surface area contributed by atoms with E-state index in [2.05, 4.69) is 35.1 Å². The standard InChI is InChI=1S/C15H18N2OS/c1-10-4-6-16-13(8-10)15(18)17-12-2-3-14-11(9-12)5-7-19-14/h2-3,5,7,9-10,13,16H,4,6,8H2,1H3,(H,17,18). The number of carbonyl (C=O) groups excluding carboxylic acids is 1. The molecule has 2 aromatic rings. The quantitative estimate of drug-likeness (QED) is 0.882. The average molecular weight is 274 g/mol. The van der Waals surface area contributed by atoms with Crippen molar-refractivity contribution < 1.29 is 4.79 Å². The second-order valence-corrected chi connectivity index (χ2v) is 6.25. The Balaban J connectivity index is 1.71. The van der Waals surface area contributed by atoms with Crippen molar-refractivity contribution in [2.24, 2.45) is 5.92 Å². The zero-order valence-corrected chi connectivity index (χ0v) is 11.8. The third-order valence-electron chi connectivity index (χ3n) is 3.70. The van der Waals surface area contributed by atoms with Crippen molar-refractivity contribution in [2.45, 2.75) is 25.8 Å². The van der Waals surface area contributed by atoms with E-state index < -0.39 is 0 Å². The lowest BCUT2D eigenvalue weighted by molar-refractivity contribution is -0.119. The van der Waals surface area contributed by atoms with Crippen LogP contribution in [-0.4, -0.2) is 18.5 Å². The Labute approximate surface area is 117 Å². The smallest absolute Gasteiger partial charge is 0.241 e. The highest BCUT2D eigenvalue weighted by Crippen LogP contribution is 2.24. The van der Waals surface area contributed by atoms with Crippen LogP contribution in [0.5, 0.6) is 0 Å². The van der Waals surface area contributed by atoms with Crippen LogP contribution in [0.1, 0.15) is 19.8 Å². The first-order valence-corrected chi connectivity index (χ1v) is 7.62. The normalized spacial score (nSPS) is 23.4. The molecule has 2 unspecified atom stereocenters. The zero-order valence-electron chi connectivity index (χ0n) is 11.0. The first-order valence-electron chi connectivity index (χ1n) is 6.74. The van der Waals surface area contributed by atoms with Crippen LogP contribution in [-0.2, 0) is 4.79 Å². The second-order valence-electron chi connectivity index (χ2n) is 5.30. The van der Waals surface area contributed by atoms with Gasteiger partial charge in [0.1, 0.15) is 0 Å². The van der Waals surface area contributed by atoms with Gasteiger partial charge in [0, 0.05) is 10.4 Å². The van der Waals surface area contributed by atoms with Crippen molar-refractivity contribution in [1.29, 1.82) is 0 Å². The van der Waals surface area contributed by atoms with Gasteiger partial charge in [0.2, 0.25) is 5.91 Å². The minimum atomic E-state index is -0.0538. The first-order chi connectivity index (χ1) is 9.22. The molecule has 3 rings (SSSR count). The molecule has 2 heterocycles. The molecular weight excluding hydrogens is 256 g/mol. The summed E-state index contributed by atoms with van der Waals surface area (Å²) in [6.45, 7) is 3.14. The molecule has 0 aliphatic carbocycles. The van der Waals surface area contributed by atoms with Gasteiger partial charge in [-0.1, -0.05) is 6.92 Å². The van der Waals surface area contributed by atoms with E-state index in [-0.39, 0.29) is 11.9 Å². The molecule has 1 aliphatic rings. The van der Waals surface area contributed by atoms with Crippen molar-refractivity contribution in [3.63, 3.8) is 0 Å². The summed E-state index contributed by atoms with van der Waals surface area (Å²) >= 11 is 1.72. The van der Waals surface area contributed by atoms with E-state index in [1.165, 1.54) is 10.1 Å². The van der Waals surface area contributed by atoms with Gasteiger partial charge in [-0.15, -0.1) is 11.3 Å². The summed E-state index contributed by atoms with van der Waals surface area (Å²) in [6.07, 6.45) is 2.08. The van der Waals surface area contributed by atoms with Crippen LogP contribution in [0.2, 0.25) is 0 Å². The number of carbonyl (C=O) groups is 1. The van der Waals surface area contributed by atoms with Crippen LogP contribution < -0.4 is 10.6 Å². The molecule has 1 saturated heterocycles. The Kier molecular flexibility index (Phi) is 3.53. The van der Waals surface area contributed by atoms with Gasteiger partial charge >= 0.3 is 0 Å². The fraction of sp³-hybridized carbons (Fsp3) is 0.400. The SMILES string of the molecule is CC1CCNC(C(=O)Nc2ccc3sccc3c2)C1. The summed E-state index contributed by atoms with van der Waals surface area (Å²) in [6, 6.07) is 8.10. The van der Waals surface area contributed by atoms with E-state index >= 15 is 0 Å². The number of nitrogens with one attached hydrogen (secondary N) is 2. The number of thiophene rings is 1. The van der Waals surface area contributed by atoms with Gasteiger partial charge in [0.25, 0.3) is 0 Å². The maximum Gasteiger partial charge on any atom is 0.241 e. The molecule has 0 spiro atoms. The van der Waals surface area contributed by atoms with Crippen LogP contribution in [0.3, 0.4) is 0 Å². The van der Waals surface area contributed by atoms with Gasteiger partial charge in [-0.25, -0.2) is 0 Å². The van der Waals surface area contributed by atoms with Crippen LogP contribution in [0.25, 0.3) is 10.1 Å². The average Bonchev–Trinajstić information content (AvgIpc) is 2.86. The molecule has 1 amide bonds. The van der Waals surface area contributed by atoms with Gasteiger partial charge in [-0.2, -0.15) is 0 Å². The Morgan fingerprint density at radius 2 is 2.32 bits per heavy atom. The number of piperidine rings is 1. The number of rotatable bonds is 2. The maximum absolute atomic E-state index is 12.2. The fourth-order valence-electron chi connectivity index (χ4n) is 2.58. The van der Waals surface area contributed by atoms with Crippen molar-refractivity contribution in [1.82, 2.24) is 5.32 Å². The molecular formula is C15H18N2OS. The summed E-state index contributed by atoms with van der Waals surface area (Å²) in [4.78, 5) is 12.2. The molecule has 0 bridgehead atoms. The molecule has 1 fully saturated rings. The van der Waals surface area contributed by atoms with Gasteiger partial charge in [-0.3, -0.25) is 4.79 Å². The Morgan fingerprint density at radius 1 is 1.42 bits per heavy atom. The van der Waals surface area contributed by atoms with Gasteiger partial charge in [0.05, 0.1) is 6.04 Å². The number of anilines is 1. The molecule has 0 radical (unpaired) electrons. The monoisotopic (exact) mass is 274 g/mol. The molecule has 1 aliphatic heterocycles. The van der Waals surface area contributed by atoms with E-state index in [0.717, 1.165) is 25.1 Å². The molecule has 1 aromatic carbocycles. The molecule has 4 heteroatoms. The Bertz CT molecular complexity index is 593. The lowest BCUT2D eigenvalue weighted by atomic mass is 9.94. The van der Waals surface area contributed by atoms with Gasteiger partial charge in [0.15, 0.2) is 0 Å². The number of hydrogen-bond donors (Lipinski definition) is 2. The third-order valence-corrected chi connectivity index (χ3v) is 4.60. The molecule has 100 valence electrons. The van der Waals surface area contributed by atoms with Crippen LogP contribution in [0.15, 0.2) is 29.6 Å². The molecule has 19 heavy (non-hydrogen) atoms. The van der Waals surface area contributed by atoms with E-state index in [0.29, 0.717) is 5.92 Å². The molecule has 0 saturated carbocycles. The fourth-order valence-corrected chi connectivity index (χ4v) is 3.35. The molecule has 2 atom stereocenters. The van der Waals surface area contributed by atoms with E-state index in [1.54, 1.807) is 11.3 Å². The third kappa shape index (κ3) is 2.80. The second kappa shape index (κ2) is 5.31. The van der Waals surface area contributed by atoms with Crippen LogP contribution >= 0.6 is 11.3 Å². The van der Waals surface area contributed by atoms with Gasteiger partial charge in [-0.05, 0) is 60.3 Å². The topological polar surface area (TPSA) is 41.1 Å². The predicted octanol–water partition coefficient (Wildman–Crippen LogP) is 3.23. The predicted molar refractivity (Wildman–Crippen MR) is 80.6 cm³/mol. The van der Waals surface area contributed by atoms with Crippen molar-refractivity contribution in [3.8, 4) is 0 Å². The van der Waals surface area contributed by atoms with Crippen LogP contribution in [0.4, 0.5) is 5.69 Å². The molecule has 1 aromatic heterocycles. The summed E-state index contributed by atoms with van der Waals surface area (Å²) in [5.74, 6) is 0.706. The zero-order chi connectivity index (χ0) is 13.2. The Hall–Kier alpha value is -1.39. The van der Waals surface area contributed by atoms with E-state index in [9.17, 15) is 4.79 Å². The van der Waals surface area contributed by atoms with Crippen LogP contribution in [0, 0.1) is 5.92 Å². The van der Waals surface area contributed by atoms with E-state index in [4.69, 9.17) is 0 Å². The minimum absolute atomic E-state index is 0.0538. The number of amides is 1. The molecule has 3 nitrogen and oxygen atoms in total. The summed E-state index contributed by atoms with van der Waals surface area (Å²) in [7, 11) is 0.